The largest absolute Gasteiger partial charge is 0.485 e. The number of nitrogens with zero attached hydrogens (tertiary/aromatic N) is 2. The minimum absolute atomic E-state index is 0.227. The van der Waals surface area contributed by atoms with Crippen molar-refractivity contribution in [2.75, 3.05) is 6.54 Å². The van der Waals surface area contributed by atoms with Gasteiger partial charge in [-0.25, -0.2) is 0 Å². The number of aromatic nitrogens is 2. The van der Waals surface area contributed by atoms with E-state index in [0.29, 0.717) is 24.9 Å². The van der Waals surface area contributed by atoms with Gasteiger partial charge in [-0.1, -0.05) is 31.1 Å². The highest BCUT2D eigenvalue weighted by molar-refractivity contribution is 5.43. The van der Waals surface area contributed by atoms with Gasteiger partial charge in [0.15, 0.2) is 6.61 Å². The average Bonchev–Trinajstić information content (AvgIpc) is 2.87. The molecule has 0 saturated heterocycles. The minimum atomic E-state index is 0.227. The Kier molecular flexibility index (Phi) is 4.96. The summed E-state index contributed by atoms with van der Waals surface area (Å²) in [6.45, 7) is 9.08. The lowest BCUT2D eigenvalue weighted by molar-refractivity contribution is 0.281. The van der Waals surface area contributed by atoms with Crippen LogP contribution in [-0.4, -0.2) is 16.7 Å². The molecule has 0 saturated carbocycles. The van der Waals surface area contributed by atoms with Crippen LogP contribution in [0.3, 0.4) is 0 Å². The number of ether oxygens (including phenoxy) is 1. The van der Waals surface area contributed by atoms with Crippen molar-refractivity contribution in [1.82, 2.24) is 10.1 Å². The van der Waals surface area contributed by atoms with Crippen molar-refractivity contribution in [2.24, 2.45) is 5.73 Å². The lowest BCUT2D eigenvalue weighted by atomic mass is 10.0. The molecule has 0 unspecified atom stereocenters. The molecule has 0 amide bonds. The lowest BCUT2D eigenvalue weighted by Crippen LogP contribution is -2.05. The van der Waals surface area contributed by atoms with E-state index in [0.717, 1.165) is 23.3 Å². The number of rotatable bonds is 6. The maximum atomic E-state index is 5.86. The summed E-state index contributed by atoms with van der Waals surface area (Å²) in [7, 11) is 0. The van der Waals surface area contributed by atoms with Crippen molar-refractivity contribution < 1.29 is 9.26 Å². The average molecular weight is 289 g/mol. The zero-order valence-corrected chi connectivity index (χ0v) is 13.1. The maximum absolute atomic E-state index is 5.86. The molecule has 2 aromatic rings. The predicted octanol–water partition coefficient (Wildman–Crippen LogP) is 2.89. The van der Waals surface area contributed by atoms with Crippen LogP contribution in [-0.2, 0) is 13.0 Å². The summed E-state index contributed by atoms with van der Waals surface area (Å²) in [5, 5.41) is 3.93. The van der Waals surface area contributed by atoms with Crippen LogP contribution in [0.1, 0.15) is 48.2 Å². The molecule has 1 heterocycles. The minimum Gasteiger partial charge on any atom is -0.485 e. The Bertz CT molecular complexity index is 582. The van der Waals surface area contributed by atoms with Crippen LogP contribution in [0, 0.1) is 13.8 Å². The molecule has 5 heteroatoms. The molecule has 0 atom stereocenters. The van der Waals surface area contributed by atoms with E-state index in [1.54, 1.807) is 0 Å². The zero-order valence-electron chi connectivity index (χ0n) is 13.1. The Labute approximate surface area is 125 Å². The van der Waals surface area contributed by atoms with E-state index in [2.05, 4.69) is 22.3 Å². The first-order valence-corrected chi connectivity index (χ1v) is 7.26. The topological polar surface area (TPSA) is 74.2 Å². The predicted molar refractivity (Wildman–Crippen MR) is 81.4 cm³/mol. The normalized spacial score (nSPS) is 11.1. The number of hydrogen-bond acceptors (Lipinski definition) is 5. The van der Waals surface area contributed by atoms with E-state index in [9.17, 15) is 0 Å². The summed E-state index contributed by atoms with van der Waals surface area (Å²) in [5.74, 6) is 2.32. The molecule has 0 aliphatic rings. The van der Waals surface area contributed by atoms with Crippen LogP contribution >= 0.6 is 0 Å². The molecule has 0 radical (unpaired) electrons. The molecule has 0 aliphatic heterocycles. The van der Waals surface area contributed by atoms with Gasteiger partial charge in [0, 0.05) is 5.92 Å². The molecular weight excluding hydrogens is 266 g/mol. The number of hydrogen-bond donors (Lipinski definition) is 1. The Balaban J connectivity index is 2.08. The third-order valence-electron chi connectivity index (χ3n) is 3.28. The van der Waals surface area contributed by atoms with E-state index < -0.39 is 0 Å². The fourth-order valence-corrected chi connectivity index (χ4v) is 2.28. The quantitative estimate of drug-likeness (QED) is 0.885. The Morgan fingerprint density at radius 2 is 1.90 bits per heavy atom. The number of aryl methyl sites for hydroxylation is 2. The van der Waals surface area contributed by atoms with Crippen molar-refractivity contribution in [3.63, 3.8) is 0 Å². The van der Waals surface area contributed by atoms with E-state index in [4.69, 9.17) is 15.0 Å². The Hall–Kier alpha value is -1.88. The highest BCUT2D eigenvalue weighted by atomic mass is 16.5. The third-order valence-corrected chi connectivity index (χ3v) is 3.28. The van der Waals surface area contributed by atoms with Gasteiger partial charge in [0.1, 0.15) is 5.75 Å². The number of benzene rings is 1. The Morgan fingerprint density at radius 3 is 2.43 bits per heavy atom. The van der Waals surface area contributed by atoms with Gasteiger partial charge in [-0.05, 0) is 43.5 Å². The van der Waals surface area contributed by atoms with Crippen LogP contribution in [0.25, 0.3) is 0 Å². The fraction of sp³-hybridized carbons (Fsp3) is 0.500. The lowest BCUT2D eigenvalue weighted by Gasteiger charge is -2.12. The summed E-state index contributed by atoms with van der Waals surface area (Å²) < 4.78 is 11.0. The van der Waals surface area contributed by atoms with Crippen LogP contribution in [0.4, 0.5) is 0 Å². The van der Waals surface area contributed by atoms with Crippen molar-refractivity contribution in [2.45, 2.75) is 46.6 Å². The number of nitrogens with two attached hydrogens (primary N) is 1. The maximum Gasteiger partial charge on any atom is 0.229 e. The van der Waals surface area contributed by atoms with Gasteiger partial charge in [-0.3, -0.25) is 0 Å². The summed E-state index contributed by atoms with van der Waals surface area (Å²) in [6, 6.07) is 4.23. The molecule has 114 valence electrons. The first-order chi connectivity index (χ1) is 10.0. The van der Waals surface area contributed by atoms with Crippen LogP contribution < -0.4 is 10.5 Å². The second-order valence-electron chi connectivity index (χ2n) is 5.59. The molecule has 21 heavy (non-hydrogen) atoms. The van der Waals surface area contributed by atoms with Crippen molar-refractivity contribution in [3.8, 4) is 5.75 Å². The monoisotopic (exact) mass is 289 g/mol. The third kappa shape index (κ3) is 3.82. The van der Waals surface area contributed by atoms with Crippen LogP contribution in [0.15, 0.2) is 16.7 Å². The zero-order chi connectivity index (χ0) is 15.4. The molecule has 0 spiro atoms. The Morgan fingerprint density at radius 1 is 1.24 bits per heavy atom. The summed E-state index contributed by atoms with van der Waals surface area (Å²) >= 11 is 0. The summed E-state index contributed by atoms with van der Waals surface area (Å²) in [6.07, 6.45) is 0.880. The summed E-state index contributed by atoms with van der Waals surface area (Å²) in [4.78, 5) is 4.31. The fourth-order valence-electron chi connectivity index (χ4n) is 2.28. The smallest absolute Gasteiger partial charge is 0.229 e. The SMILES string of the molecule is Cc1cc(CCN)cc(C)c1OCc1noc(C(C)C)n1. The van der Waals surface area contributed by atoms with E-state index in [1.807, 2.05) is 27.7 Å². The first-order valence-electron chi connectivity index (χ1n) is 7.26. The van der Waals surface area contributed by atoms with Crippen LogP contribution in [0.2, 0.25) is 0 Å². The van der Waals surface area contributed by atoms with Crippen molar-refractivity contribution >= 4 is 0 Å². The highest BCUT2D eigenvalue weighted by Crippen LogP contribution is 2.26. The standard InChI is InChI=1S/C16H23N3O2/c1-10(2)16-18-14(19-21-16)9-20-15-11(3)7-13(5-6-17)8-12(15)4/h7-8,10H,5-6,9,17H2,1-4H3. The van der Waals surface area contributed by atoms with Gasteiger partial charge in [0.2, 0.25) is 11.7 Å². The second-order valence-corrected chi connectivity index (χ2v) is 5.59. The van der Waals surface area contributed by atoms with Gasteiger partial charge in [0.25, 0.3) is 0 Å². The second kappa shape index (κ2) is 6.72. The molecule has 1 aromatic heterocycles. The molecule has 5 nitrogen and oxygen atoms in total. The van der Waals surface area contributed by atoms with E-state index in [1.165, 1.54) is 5.56 Å². The molecule has 0 fully saturated rings. The van der Waals surface area contributed by atoms with Gasteiger partial charge in [0.05, 0.1) is 0 Å². The molecular formula is C16H23N3O2. The van der Waals surface area contributed by atoms with Crippen molar-refractivity contribution in [1.29, 1.82) is 0 Å². The van der Waals surface area contributed by atoms with Gasteiger partial charge >= 0.3 is 0 Å². The summed E-state index contributed by atoms with van der Waals surface area (Å²) in [5.41, 5.74) is 9.05. The molecule has 0 bridgehead atoms. The van der Waals surface area contributed by atoms with Crippen molar-refractivity contribution in [3.05, 3.63) is 40.5 Å². The van der Waals surface area contributed by atoms with Gasteiger partial charge in [-0.2, -0.15) is 4.98 Å². The highest BCUT2D eigenvalue weighted by Gasteiger charge is 2.12. The molecule has 2 rings (SSSR count). The molecule has 2 N–H and O–H groups in total. The molecule has 0 aliphatic carbocycles. The molecule has 1 aromatic carbocycles. The van der Waals surface area contributed by atoms with E-state index in [-0.39, 0.29) is 5.92 Å². The van der Waals surface area contributed by atoms with Gasteiger partial charge < -0.3 is 15.0 Å². The van der Waals surface area contributed by atoms with Crippen LogP contribution in [0.5, 0.6) is 5.75 Å². The van der Waals surface area contributed by atoms with E-state index >= 15 is 0 Å². The van der Waals surface area contributed by atoms with Gasteiger partial charge in [-0.15, -0.1) is 0 Å². The first kappa shape index (κ1) is 15.5.